The highest BCUT2D eigenvalue weighted by Crippen LogP contribution is 2.35. The molecule has 1 aromatic carbocycles. The molecule has 7 nitrogen and oxygen atoms in total. The second kappa shape index (κ2) is 9.55. The molecule has 3 rings (SSSR count). The summed E-state index contributed by atoms with van der Waals surface area (Å²) in [6.07, 6.45) is 4.72. The fraction of sp³-hybridized carbons (Fsp3) is 0.350. The van der Waals surface area contributed by atoms with Crippen molar-refractivity contribution in [1.82, 2.24) is 9.97 Å². The van der Waals surface area contributed by atoms with E-state index in [9.17, 15) is 5.26 Å². The molecule has 2 N–H and O–H groups in total. The van der Waals surface area contributed by atoms with Gasteiger partial charge in [0.15, 0.2) is 5.75 Å². The van der Waals surface area contributed by atoms with E-state index < -0.39 is 0 Å². The van der Waals surface area contributed by atoms with Crippen LogP contribution in [-0.4, -0.2) is 29.7 Å². The number of hydrogen-bond acceptors (Lipinski definition) is 7. The summed E-state index contributed by atoms with van der Waals surface area (Å²) in [5.74, 6) is 1.55. The predicted octanol–water partition coefficient (Wildman–Crippen LogP) is 3.79. The van der Waals surface area contributed by atoms with E-state index in [4.69, 9.17) is 9.47 Å². The Kier molecular flexibility index (Phi) is 6.61. The van der Waals surface area contributed by atoms with Crippen LogP contribution in [0.3, 0.4) is 0 Å². The van der Waals surface area contributed by atoms with Crippen LogP contribution in [0, 0.1) is 11.3 Å². The van der Waals surface area contributed by atoms with Crippen molar-refractivity contribution in [2.75, 3.05) is 30.4 Å². The molecule has 0 radical (unpaired) electrons. The second-order valence-electron chi connectivity index (χ2n) is 6.05. The Balaban J connectivity index is 1.61. The molecule has 2 aromatic rings. The SMILES string of the molecule is CCCCOCCCNc1nccc(/C(C#N)=C2/Nc3ccccc3O2)n1. The molecule has 0 aliphatic carbocycles. The maximum absolute atomic E-state index is 9.60. The van der Waals surface area contributed by atoms with Crippen molar-refractivity contribution < 1.29 is 9.47 Å². The molecule has 7 heteroatoms. The lowest BCUT2D eigenvalue weighted by atomic mass is 10.2. The molecule has 1 aliphatic heterocycles. The standard InChI is InChI=1S/C20H23N5O2/c1-2-3-12-26-13-6-10-22-20-23-11-9-16(25-20)15(14-21)19-24-17-7-4-5-8-18(17)27-19/h4-5,7-9,11,24H,2-3,6,10,12-13H2,1H3,(H,22,23,25)/b19-15-. The lowest BCUT2D eigenvalue weighted by molar-refractivity contribution is 0.131. The van der Waals surface area contributed by atoms with Crippen molar-refractivity contribution in [3.8, 4) is 11.8 Å². The lowest BCUT2D eigenvalue weighted by Crippen LogP contribution is -2.10. The summed E-state index contributed by atoms with van der Waals surface area (Å²) in [4.78, 5) is 8.65. The van der Waals surface area contributed by atoms with E-state index >= 15 is 0 Å². The van der Waals surface area contributed by atoms with Gasteiger partial charge in [0.05, 0.1) is 11.4 Å². The van der Waals surface area contributed by atoms with Crippen LogP contribution < -0.4 is 15.4 Å². The minimum Gasteiger partial charge on any atom is -0.437 e. The van der Waals surface area contributed by atoms with Crippen LogP contribution in [-0.2, 0) is 4.74 Å². The normalized spacial score (nSPS) is 13.9. The zero-order valence-electron chi connectivity index (χ0n) is 15.4. The van der Waals surface area contributed by atoms with Crippen molar-refractivity contribution in [3.63, 3.8) is 0 Å². The van der Waals surface area contributed by atoms with Crippen LogP contribution >= 0.6 is 0 Å². The average molecular weight is 365 g/mol. The smallest absolute Gasteiger partial charge is 0.223 e. The number of aromatic nitrogens is 2. The molecular weight excluding hydrogens is 342 g/mol. The minimum absolute atomic E-state index is 0.333. The summed E-state index contributed by atoms with van der Waals surface area (Å²) in [7, 11) is 0. The van der Waals surface area contributed by atoms with Crippen LogP contribution in [0.2, 0.25) is 0 Å². The van der Waals surface area contributed by atoms with Gasteiger partial charge in [0.2, 0.25) is 11.8 Å². The first kappa shape index (κ1) is 18.7. The number of unbranched alkanes of at least 4 members (excludes halogenated alkanes) is 1. The highest BCUT2D eigenvalue weighted by molar-refractivity contribution is 5.81. The van der Waals surface area contributed by atoms with Gasteiger partial charge in [-0.25, -0.2) is 9.97 Å². The second-order valence-corrected chi connectivity index (χ2v) is 6.05. The van der Waals surface area contributed by atoms with Gasteiger partial charge in [0.1, 0.15) is 11.6 Å². The van der Waals surface area contributed by atoms with Crippen molar-refractivity contribution in [2.45, 2.75) is 26.2 Å². The third-order valence-electron chi connectivity index (χ3n) is 3.99. The van der Waals surface area contributed by atoms with Crippen LogP contribution in [0.5, 0.6) is 5.75 Å². The predicted molar refractivity (Wildman–Crippen MR) is 104 cm³/mol. The zero-order valence-corrected chi connectivity index (χ0v) is 15.4. The van der Waals surface area contributed by atoms with E-state index in [1.54, 1.807) is 12.3 Å². The van der Waals surface area contributed by atoms with Gasteiger partial charge in [-0.2, -0.15) is 5.26 Å². The molecule has 1 aromatic heterocycles. The van der Waals surface area contributed by atoms with Gasteiger partial charge in [-0.15, -0.1) is 0 Å². The molecule has 1 aliphatic rings. The van der Waals surface area contributed by atoms with E-state index in [1.807, 2.05) is 24.3 Å². The fourth-order valence-electron chi connectivity index (χ4n) is 2.56. The number of nitriles is 1. The van der Waals surface area contributed by atoms with E-state index in [-0.39, 0.29) is 0 Å². The number of benzene rings is 1. The highest BCUT2D eigenvalue weighted by atomic mass is 16.5. The van der Waals surface area contributed by atoms with Gasteiger partial charge < -0.3 is 20.1 Å². The molecule has 0 atom stereocenters. The number of ether oxygens (including phenoxy) is 2. The molecule has 140 valence electrons. The largest absolute Gasteiger partial charge is 0.437 e. The Bertz CT molecular complexity index is 817. The number of para-hydroxylation sites is 2. The molecule has 0 bridgehead atoms. The van der Waals surface area contributed by atoms with E-state index in [2.05, 4.69) is 33.6 Å². The summed E-state index contributed by atoms with van der Waals surface area (Å²) in [5.41, 5.74) is 1.67. The molecule has 0 saturated carbocycles. The lowest BCUT2D eigenvalue weighted by Gasteiger charge is -2.08. The Morgan fingerprint density at radius 3 is 2.93 bits per heavy atom. The van der Waals surface area contributed by atoms with Crippen molar-refractivity contribution in [3.05, 3.63) is 48.1 Å². The van der Waals surface area contributed by atoms with Crippen LogP contribution in [0.1, 0.15) is 31.9 Å². The zero-order chi connectivity index (χ0) is 18.9. The summed E-state index contributed by atoms with van der Waals surface area (Å²) >= 11 is 0. The molecule has 2 heterocycles. The minimum atomic E-state index is 0.333. The third-order valence-corrected chi connectivity index (χ3v) is 3.99. The number of anilines is 2. The van der Waals surface area contributed by atoms with Crippen molar-refractivity contribution >= 4 is 17.2 Å². The van der Waals surface area contributed by atoms with E-state index in [0.29, 0.717) is 42.0 Å². The molecule has 0 saturated heterocycles. The van der Waals surface area contributed by atoms with Gasteiger partial charge in [-0.1, -0.05) is 25.5 Å². The number of allylic oxidation sites excluding steroid dienone is 1. The first-order valence-electron chi connectivity index (χ1n) is 9.15. The van der Waals surface area contributed by atoms with Crippen LogP contribution in [0.15, 0.2) is 42.4 Å². The maximum Gasteiger partial charge on any atom is 0.223 e. The maximum atomic E-state index is 9.60. The number of hydrogen-bond donors (Lipinski definition) is 2. The van der Waals surface area contributed by atoms with Gasteiger partial charge in [-0.05, 0) is 31.0 Å². The first-order valence-corrected chi connectivity index (χ1v) is 9.15. The van der Waals surface area contributed by atoms with Gasteiger partial charge in [0.25, 0.3) is 0 Å². The summed E-state index contributed by atoms with van der Waals surface area (Å²) < 4.78 is 11.3. The Hall–Kier alpha value is -3.11. The monoisotopic (exact) mass is 365 g/mol. The Morgan fingerprint density at radius 2 is 2.11 bits per heavy atom. The average Bonchev–Trinajstić information content (AvgIpc) is 3.12. The third kappa shape index (κ3) is 4.96. The molecule has 0 amide bonds. The Labute approximate surface area is 159 Å². The van der Waals surface area contributed by atoms with Crippen LogP contribution in [0.25, 0.3) is 5.57 Å². The number of nitrogens with one attached hydrogen (secondary N) is 2. The molecule has 0 unspecified atom stereocenters. The summed E-state index contributed by atoms with van der Waals surface area (Å²) in [6, 6.07) is 11.4. The summed E-state index contributed by atoms with van der Waals surface area (Å²) in [6.45, 7) is 4.35. The van der Waals surface area contributed by atoms with Gasteiger partial charge in [-0.3, -0.25) is 0 Å². The molecular formula is C20H23N5O2. The number of rotatable bonds is 9. The quantitative estimate of drug-likeness (QED) is 0.516. The fourth-order valence-corrected chi connectivity index (χ4v) is 2.56. The summed E-state index contributed by atoms with van der Waals surface area (Å²) in [5, 5.41) is 15.9. The first-order chi connectivity index (χ1) is 13.3. The van der Waals surface area contributed by atoms with Crippen molar-refractivity contribution in [2.24, 2.45) is 0 Å². The highest BCUT2D eigenvalue weighted by Gasteiger charge is 2.21. The number of nitrogens with zero attached hydrogens (tertiary/aromatic N) is 3. The topological polar surface area (TPSA) is 92.1 Å². The van der Waals surface area contributed by atoms with Gasteiger partial charge >= 0.3 is 0 Å². The van der Waals surface area contributed by atoms with Crippen LogP contribution in [0.4, 0.5) is 11.6 Å². The van der Waals surface area contributed by atoms with Crippen molar-refractivity contribution in [1.29, 1.82) is 5.26 Å². The molecule has 27 heavy (non-hydrogen) atoms. The Morgan fingerprint density at radius 1 is 1.26 bits per heavy atom. The number of fused-ring (bicyclic) bond motifs is 1. The van der Waals surface area contributed by atoms with E-state index in [1.165, 1.54) is 0 Å². The molecule has 0 fully saturated rings. The van der Waals surface area contributed by atoms with Gasteiger partial charge in [0, 0.05) is 26.0 Å². The molecule has 0 spiro atoms. The van der Waals surface area contributed by atoms with E-state index in [0.717, 1.165) is 31.6 Å².